The van der Waals surface area contributed by atoms with Gasteiger partial charge < -0.3 is 15.4 Å². The Bertz CT molecular complexity index is 340. The molecule has 3 nitrogen and oxygen atoms in total. The van der Waals surface area contributed by atoms with Crippen molar-refractivity contribution < 1.29 is 4.74 Å². The molecule has 0 radical (unpaired) electrons. The number of ether oxygens (including phenoxy) is 1. The van der Waals surface area contributed by atoms with Gasteiger partial charge in [0.25, 0.3) is 0 Å². The van der Waals surface area contributed by atoms with Crippen LogP contribution in [0.25, 0.3) is 0 Å². The summed E-state index contributed by atoms with van der Waals surface area (Å²) in [6.45, 7) is 4.17. The van der Waals surface area contributed by atoms with Crippen molar-refractivity contribution in [2.24, 2.45) is 5.73 Å². The molecule has 0 aliphatic carbocycles. The van der Waals surface area contributed by atoms with E-state index in [1.165, 1.54) is 11.3 Å². The SMILES string of the molecule is COC1CCN(c2ccc([C@@H](C)N)cc2)CC1. The van der Waals surface area contributed by atoms with E-state index in [9.17, 15) is 0 Å². The molecule has 0 amide bonds. The van der Waals surface area contributed by atoms with E-state index in [2.05, 4.69) is 29.2 Å². The number of piperidine rings is 1. The van der Waals surface area contributed by atoms with Crippen molar-refractivity contribution in [1.29, 1.82) is 0 Å². The van der Waals surface area contributed by atoms with E-state index in [0.717, 1.165) is 25.9 Å². The lowest BCUT2D eigenvalue weighted by molar-refractivity contribution is 0.0819. The summed E-state index contributed by atoms with van der Waals surface area (Å²) in [5, 5.41) is 0. The van der Waals surface area contributed by atoms with Gasteiger partial charge in [0.05, 0.1) is 6.10 Å². The monoisotopic (exact) mass is 234 g/mol. The van der Waals surface area contributed by atoms with Crippen LogP contribution in [0.3, 0.4) is 0 Å². The molecule has 94 valence electrons. The topological polar surface area (TPSA) is 38.5 Å². The fourth-order valence-electron chi connectivity index (χ4n) is 2.34. The largest absolute Gasteiger partial charge is 0.381 e. The lowest BCUT2D eigenvalue weighted by Gasteiger charge is -2.33. The third-order valence-corrected chi connectivity index (χ3v) is 3.56. The second-order valence-electron chi connectivity index (χ2n) is 4.80. The van der Waals surface area contributed by atoms with Crippen molar-refractivity contribution in [3.8, 4) is 0 Å². The summed E-state index contributed by atoms with van der Waals surface area (Å²) in [4.78, 5) is 2.42. The van der Waals surface area contributed by atoms with Gasteiger partial charge in [-0.15, -0.1) is 0 Å². The molecular weight excluding hydrogens is 212 g/mol. The van der Waals surface area contributed by atoms with Crippen molar-refractivity contribution >= 4 is 5.69 Å². The van der Waals surface area contributed by atoms with E-state index < -0.39 is 0 Å². The molecule has 0 aromatic heterocycles. The Morgan fingerprint density at radius 3 is 2.29 bits per heavy atom. The van der Waals surface area contributed by atoms with Gasteiger partial charge in [-0.05, 0) is 37.5 Å². The maximum atomic E-state index is 5.85. The van der Waals surface area contributed by atoms with E-state index >= 15 is 0 Å². The van der Waals surface area contributed by atoms with E-state index in [-0.39, 0.29) is 6.04 Å². The summed E-state index contributed by atoms with van der Waals surface area (Å²) in [5.74, 6) is 0. The summed E-state index contributed by atoms with van der Waals surface area (Å²) >= 11 is 0. The van der Waals surface area contributed by atoms with Gasteiger partial charge >= 0.3 is 0 Å². The van der Waals surface area contributed by atoms with Gasteiger partial charge in [0.15, 0.2) is 0 Å². The van der Waals surface area contributed by atoms with Crippen LogP contribution < -0.4 is 10.6 Å². The lowest BCUT2D eigenvalue weighted by atomic mass is 10.1. The molecule has 1 aromatic carbocycles. The first-order valence-electron chi connectivity index (χ1n) is 6.34. The predicted octanol–water partition coefficient (Wildman–Crippen LogP) is 2.32. The fourth-order valence-corrected chi connectivity index (χ4v) is 2.34. The fraction of sp³-hybridized carbons (Fsp3) is 0.571. The minimum Gasteiger partial charge on any atom is -0.381 e. The molecule has 2 rings (SSSR count). The predicted molar refractivity (Wildman–Crippen MR) is 71.3 cm³/mol. The molecule has 0 bridgehead atoms. The number of rotatable bonds is 3. The first-order valence-corrected chi connectivity index (χ1v) is 6.34. The minimum absolute atomic E-state index is 0.114. The smallest absolute Gasteiger partial charge is 0.0605 e. The van der Waals surface area contributed by atoms with Crippen molar-refractivity contribution in [3.05, 3.63) is 29.8 Å². The van der Waals surface area contributed by atoms with E-state index in [4.69, 9.17) is 10.5 Å². The van der Waals surface area contributed by atoms with E-state index in [1.54, 1.807) is 7.11 Å². The molecule has 3 heteroatoms. The summed E-state index contributed by atoms with van der Waals surface area (Å²) in [5.41, 5.74) is 8.34. The van der Waals surface area contributed by atoms with E-state index in [1.807, 2.05) is 6.92 Å². The van der Waals surface area contributed by atoms with Crippen molar-refractivity contribution in [2.45, 2.75) is 31.9 Å². The number of hydrogen-bond acceptors (Lipinski definition) is 3. The Kier molecular flexibility index (Phi) is 4.02. The van der Waals surface area contributed by atoms with Crippen LogP contribution in [-0.2, 0) is 4.74 Å². The summed E-state index contributed by atoms with van der Waals surface area (Å²) < 4.78 is 5.38. The Labute approximate surface area is 104 Å². The summed E-state index contributed by atoms with van der Waals surface area (Å²) in [6.07, 6.45) is 2.67. The Morgan fingerprint density at radius 1 is 1.24 bits per heavy atom. The zero-order valence-corrected chi connectivity index (χ0v) is 10.7. The van der Waals surface area contributed by atoms with Crippen molar-refractivity contribution in [2.75, 3.05) is 25.1 Å². The van der Waals surface area contributed by atoms with Gasteiger partial charge in [0, 0.05) is 31.9 Å². The highest BCUT2D eigenvalue weighted by molar-refractivity contribution is 5.48. The highest BCUT2D eigenvalue weighted by Gasteiger charge is 2.18. The number of benzene rings is 1. The van der Waals surface area contributed by atoms with Crippen LogP contribution in [0.4, 0.5) is 5.69 Å². The number of hydrogen-bond donors (Lipinski definition) is 1. The highest BCUT2D eigenvalue weighted by Crippen LogP contribution is 2.22. The highest BCUT2D eigenvalue weighted by atomic mass is 16.5. The van der Waals surface area contributed by atoms with Crippen molar-refractivity contribution in [3.63, 3.8) is 0 Å². The van der Waals surface area contributed by atoms with E-state index in [0.29, 0.717) is 6.10 Å². The van der Waals surface area contributed by atoms with Crippen LogP contribution in [0.5, 0.6) is 0 Å². The second-order valence-corrected chi connectivity index (χ2v) is 4.80. The Balaban J connectivity index is 1.99. The van der Waals surface area contributed by atoms with Crippen LogP contribution in [-0.4, -0.2) is 26.3 Å². The molecule has 2 N–H and O–H groups in total. The molecule has 0 unspecified atom stereocenters. The molecular formula is C14H22N2O. The minimum atomic E-state index is 0.114. The normalized spacial score (nSPS) is 19.4. The zero-order valence-electron chi connectivity index (χ0n) is 10.7. The molecule has 0 saturated carbocycles. The first kappa shape index (κ1) is 12.4. The summed E-state index contributed by atoms with van der Waals surface area (Å²) in [7, 11) is 1.80. The maximum Gasteiger partial charge on any atom is 0.0605 e. The molecule has 1 aromatic rings. The van der Waals surface area contributed by atoms with Crippen LogP contribution >= 0.6 is 0 Å². The van der Waals surface area contributed by atoms with Crippen molar-refractivity contribution in [1.82, 2.24) is 0 Å². The average Bonchev–Trinajstić information content (AvgIpc) is 2.39. The quantitative estimate of drug-likeness (QED) is 0.872. The first-order chi connectivity index (χ1) is 8.20. The van der Waals surface area contributed by atoms with Gasteiger partial charge in [0.1, 0.15) is 0 Å². The molecule has 1 saturated heterocycles. The van der Waals surface area contributed by atoms with Gasteiger partial charge in [-0.2, -0.15) is 0 Å². The van der Waals surface area contributed by atoms with Gasteiger partial charge in [-0.3, -0.25) is 0 Å². The van der Waals surface area contributed by atoms with Crippen LogP contribution in [0.2, 0.25) is 0 Å². The Morgan fingerprint density at radius 2 is 1.82 bits per heavy atom. The van der Waals surface area contributed by atoms with Crippen LogP contribution in [0, 0.1) is 0 Å². The average molecular weight is 234 g/mol. The van der Waals surface area contributed by atoms with Crippen LogP contribution in [0.15, 0.2) is 24.3 Å². The summed E-state index contributed by atoms with van der Waals surface area (Å²) in [6, 6.07) is 8.71. The third kappa shape index (κ3) is 2.99. The molecule has 1 aliphatic rings. The molecule has 0 spiro atoms. The second kappa shape index (κ2) is 5.52. The molecule has 1 aliphatic heterocycles. The van der Waals surface area contributed by atoms with Crippen LogP contribution in [0.1, 0.15) is 31.4 Å². The molecule has 1 atom stereocenters. The standard InChI is InChI=1S/C14H22N2O/c1-11(15)12-3-5-13(6-4-12)16-9-7-14(17-2)8-10-16/h3-6,11,14H,7-10,15H2,1-2H3/t11-/m1/s1. The number of methoxy groups -OCH3 is 1. The number of nitrogens with zero attached hydrogens (tertiary/aromatic N) is 1. The van der Waals surface area contributed by atoms with Gasteiger partial charge in [-0.1, -0.05) is 12.1 Å². The zero-order chi connectivity index (χ0) is 12.3. The third-order valence-electron chi connectivity index (χ3n) is 3.56. The van der Waals surface area contributed by atoms with Gasteiger partial charge in [0.2, 0.25) is 0 Å². The number of nitrogens with two attached hydrogens (primary N) is 1. The molecule has 17 heavy (non-hydrogen) atoms. The lowest BCUT2D eigenvalue weighted by Crippen LogP contribution is -2.36. The maximum absolute atomic E-state index is 5.85. The molecule has 1 fully saturated rings. The van der Waals surface area contributed by atoms with Gasteiger partial charge in [-0.25, -0.2) is 0 Å². The molecule has 1 heterocycles. The Hall–Kier alpha value is -1.06. The number of anilines is 1.